The Balaban J connectivity index is 1.75. The van der Waals surface area contributed by atoms with Gasteiger partial charge in [0.1, 0.15) is 6.10 Å². The van der Waals surface area contributed by atoms with Crippen LogP contribution in [0.25, 0.3) is 0 Å². The molecule has 5 rings (SSSR count). The summed E-state index contributed by atoms with van der Waals surface area (Å²) in [6.45, 7) is 1.54. The maximum absolute atomic E-state index is 12.9. The fraction of sp³-hybridized carbons (Fsp3) is 0.391. The van der Waals surface area contributed by atoms with E-state index in [0.29, 0.717) is 17.1 Å². The molecule has 0 aromatic heterocycles. The Morgan fingerprint density at radius 1 is 1.00 bits per heavy atom. The van der Waals surface area contributed by atoms with Crippen LogP contribution in [-0.4, -0.2) is 44.7 Å². The first-order valence-electron chi connectivity index (χ1n) is 10.1. The molecule has 2 aromatic carbocycles. The molecule has 168 valence electrons. The second-order valence-corrected chi connectivity index (χ2v) is 7.94. The third-order valence-electron chi connectivity index (χ3n) is 6.27. The van der Waals surface area contributed by atoms with E-state index in [4.69, 9.17) is 28.4 Å². The van der Waals surface area contributed by atoms with Crippen LogP contribution in [-0.2, 0) is 19.1 Å². The van der Waals surface area contributed by atoms with E-state index < -0.39 is 29.8 Å². The van der Waals surface area contributed by atoms with Crippen molar-refractivity contribution < 1.29 is 43.1 Å². The standard InChI is InChI=1S/C23H22O9/c1-10(24)32-22-13-7-16-15(30-9-31-16)6-12(13)19(20-14(22)8-29-23(20)26)11-4-17(27-2)21(25)18(5-11)28-3/h4-7,14,19-20,22,25H,8-9H2,1-3H3/t14-,19+,20-,22+/m0/s1. The molecule has 4 atom stereocenters. The minimum absolute atomic E-state index is 0.0802. The Morgan fingerprint density at radius 2 is 1.62 bits per heavy atom. The van der Waals surface area contributed by atoms with Gasteiger partial charge in [-0.1, -0.05) is 0 Å². The summed E-state index contributed by atoms with van der Waals surface area (Å²) >= 11 is 0. The molecule has 9 heteroatoms. The number of phenolic OH excluding ortho intramolecular Hbond substituents is 1. The summed E-state index contributed by atoms with van der Waals surface area (Å²) in [5.41, 5.74) is 2.15. The van der Waals surface area contributed by atoms with E-state index in [1.807, 2.05) is 6.07 Å². The lowest BCUT2D eigenvalue weighted by molar-refractivity contribution is -0.152. The van der Waals surface area contributed by atoms with Gasteiger partial charge in [0.25, 0.3) is 0 Å². The fourth-order valence-corrected chi connectivity index (χ4v) is 4.94. The van der Waals surface area contributed by atoms with Crippen molar-refractivity contribution in [3.8, 4) is 28.7 Å². The zero-order valence-electron chi connectivity index (χ0n) is 17.7. The van der Waals surface area contributed by atoms with Gasteiger partial charge in [-0.3, -0.25) is 9.59 Å². The van der Waals surface area contributed by atoms with Gasteiger partial charge in [0.15, 0.2) is 23.0 Å². The second-order valence-electron chi connectivity index (χ2n) is 7.94. The van der Waals surface area contributed by atoms with Gasteiger partial charge in [-0.25, -0.2) is 0 Å². The third kappa shape index (κ3) is 2.99. The molecule has 1 aliphatic carbocycles. The van der Waals surface area contributed by atoms with Gasteiger partial charge >= 0.3 is 11.9 Å². The number of carbonyl (C=O) groups is 2. The van der Waals surface area contributed by atoms with Crippen LogP contribution in [0.4, 0.5) is 0 Å². The quantitative estimate of drug-likeness (QED) is 0.715. The number of cyclic esters (lactones) is 1. The molecular weight excluding hydrogens is 420 g/mol. The lowest BCUT2D eigenvalue weighted by Gasteiger charge is -2.38. The zero-order valence-corrected chi connectivity index (χ0v) is 17.7. The van der Waals surface area contributed by atoms with Gasteiger partial charge in [-0.05, 0) is 35.4 Å². The van der Waals surface area contributed by atoms with Gasteiger partial charge < -0.3 is 33.5 Å². The number of benzene rings is 2. The summed E-state index contributed by atoms with van der Waals surface area (Å²) in [5.74, 6) is -0.949. The van der Waals surface area contributed by atoms with E-state index in [1.165, 1.54) is 21.1 Å². The van der Waals surface area contributed by atoms with E-state index in [1.54, 1.807) is 18.2 Å². The predicted molar refractivity (Wildman–Crippen MR) is 108 cm³/mol. The molecule has 2 heterocycles. The Hall–Kier alpha value is -3.62. The van der Waals surface area contributed by atoms with Gasteiger partial charge in [0, 0.05) is 24.3 Å². The van der Waals surface area contributed by atoms with Gasteiger partial charge in [-0.2, -0.15) is 0 Å². The highest BCUT2D eigenvalue weighted by atomic mass is 16.7. The van der Waals surface area contributed by atoms with Crippen LogP contribution in [0.5, 0.6) is 28.7 Å². The highest BCUT2D eigenvalue weighted by molar-refractivity contribution is 5.79. The second kappa shape index (κ2) is 7.51. The van der Waals surface area contributed by atoms with E-state index in [0.717, 1.165) is 11.1 Å². The maximum Gasteiger partial charge on any atom is 0.310 e. The van der Waals surface area contributed by atoms with Crippen LogP contribution in [0.3, 0.4) is 0 Å². The van der Waals surface area contributed by atoms with Crippen LogP contribution >= 0.6 is 0 Å². The molecule has 0 saturated carbocycles. The van der Waals surface area contributed by atoms with Gasteiger partial charge in [0.05, 0.1) is 26.7 Å². The summed E-state index contributed by atoms with van der Waals surface area (Å²) in [7, 11) is 2.88. The number of aromatic hydroxyl groups is 1. The number of carbonyl (C=O) groups excluding carboxylic acids is 2. The normalized spacial score (nSPS) is 24.9. The minimum Gasteiger partial charge on any atom is -0.502 e. The molecule has 9 nitrogen and oxygen atoms in total. The van der Waals surface area contributed by atoms with Crippen molar-refractivity contribution in [1.29, 1.82) is 0 Å². The summed E-state index contributed by atoms with van der Waals surface area (Å²) in [5, 5.41) is 10.4. The monoisotopic (exact) mass is 442 g/mol. The zero-order chi connectivity index (χ0) is 22.6. The molecule has 1 saturated heterocycles. The van der Waals surface area contributed by atoms with Crippen molar-refractivity contribution in [3.63, 3.8) is 0 Å². The Morgan fingerprint density at radius 3 is 2.22 bits per heavy atom. The fourth-order valence-electron chi connectivity index (χ4n) is 4.94. The van der Waals surface area contributed by atoms with E-state index in [2.05, 4.69) is 0 Å². The minimum atomic E-state index is -0.675. The first kappa shape index (κ1) is 20.3. The smallest absolute Gasteiger partial charge is 0.310 e. The number of fused-ring (bicyclic) bond motifs is 3. The first-order chi connectivity index (χ1) is 15.4. The number of rotatable bonds is 4. The SMILES string of the molecule is COc1cc([C@@H]2c3cc4c(cc3[C@@H](OC(C)=O)[C@H]3COC(=O)[C@H]23)OCO4)cc(OC)c1O. The number of ether oxygens (including phenoxy) is 6. The van der Waals surface area contributed by atoms with Crippen LogP contribution in [0.15, 0.2) is 24.3 Å². The topological polar surface area (TPSA) is 110 Å². The Kier molecular flexibility index (Phi) is 4.76. The van der Waals surface area contributed by atoms with E-state index in [9.17, 15) is 14.7 Å². The average molecular weight is 442 g/mol. The van der Waals surface area contributed by atoms with Crippen molar-refractivity contribution >= 4 is 11.9 Å². The number of hydrogen-bond donors (Lipinski definition) is 1. The summed E-state index contributed by atoms with van der Waals surface area (Å²) in [4.78, 5) is 24.8. The molecule has 3 aliphatic rings. The molecule has 2 aliphatic heterocycles. The van der Waals surface area contributed by atoms with Crippen LogP contribution in [0, 0.1) is 11.8 Å². The largest absolute Gasteiger partial charge is 0.502 e. The van der Waals surface area contributed by atoms with Crippen molar-refractivity contribution in [2.75, 3.05) is 27.6 Å². The molecule has 32 heavy (non-hydrogen) atoms. The molecule has 0 radical (unpaired) electrons. The molecular formula is C23H22O9. The number of esters is 2. The van der Waals surface area contributed by atoms with Crippen molar-refractivity contribution in [2.45, 2.75) is 18.9 Å². The third-order valence-corrected chi connectivity index (χ3v) is 6.27. The summed E-state index contributed by atoms with van der Waals surface area (Å²) in [6, 6.07) is 6.95. The molecule has 1 fully saturated rings. The highest BCUT2D eigenvalue weighted by Crippen LogP contribution is 2.56. The summed E-state index contributed by atoms with van der Waals surface area (Å²) < 4.78 is 32.9. The summed E-state index contributed by atoms with van der Waals surface area (Å²) in [6.07, 6.45) is -0.675. The Bertz CT molecular complexity index is 1080. The Labute approximate surface area is 183 Å². The number of methoxy groups -OCH3 is 2. The van der Waals surface area contributed by atoms with Gasteiger partial charge in [-0.15, -0.1) is 0 Å². The van der Waals surface area contributed by atoms with Crippen molar-refractivity contribution in [1.82, 2.24) is 0 Å². The number of hydrogen-bond acceptors (Lipinski definition) is 9. The highest BCUT2D eigenvalue weighted by Gasteiger charge is 2.54. The molecule has 1 N–H and O–H groups in total. The lowest BCUT2D eigenvalue weighted by Crippen LogP contribution is -2.36. The maximum atomic E-state index is 12.9. The molecule has 0 spiro atoms. The lowest BCUT2D eigenvalue weighted by atomic mass is 9.66. The van der Waals surface area contributed by atoms with E-state index in [-0.39, 0.29) is 36.6 Å². The number of phenols is 1. The van der Waals surface area contributed by atoms with Crippen molar-refractivity contribution in [2.24, 2.45) is 11.8 Å². The molecule has 0 amide bonds. The molecule has 0 unspecified atom stereocenters. The van der Waals surface area contributed by atoms with Crippen molar-refractivity contribution in [3.05, 3.63) is 41.0 Å². The van der Waals surface area contributed by atoms with Crippen LogP contribution < -0.4 is 18.9 Å². The van der Waals surface area contributed by atoms with Gasteiger partial charge in [0.2, 0.25) is 12.5 Å². The average Bonchev–Trinajstić information content (AvgIpc) is 3.39. The van der Waals surface area contributed by atoms with Crippen LogP contribution in [0.1, 0.15) is 35.6 Å². The first-order valence-corrected chi connectivity index (χ1v) is 10.1. The van der Waals surface area contributed by atoms with E-state index >= 15 is 0 Å². The van der Waals surface area contributed by atoms with Crippen LogP contribution in [0.2, 0.25) is 0 Å². The molecule has 0 bridgehead atoms. The molecule has 2 aromatic rings. The predicted octanol–water partition coefficient (Wildman–Crippen LogP) is 2.68.